The van der Waals surface area contributed by atoms with Gasteiger partial charge in [0.25, 0.3) is 0 Å². The second-order valence-corrected chi connectivity index (χ2v) is 9.73. The summed E-state index contributed by atoms with van der Waals surface area (Å²) in [6.07, 6.45) is 0. The van der Waals surface area contributed by atoms with E-state index in [-0.39, 0.29) is 0 Å². The zero-order valence-corrected chi connectivity index (χ0v) is 20.2. The van der Waals surface area contributed by atoms with Crippen molar-refractivity contribution in [3.8, 4) is 0 Å². The Bertz CT molecular complexity index is 332. The Labute approximate surface area is 170 Å². The molecule has 6 nitrogen and oxygen atoms in total. The molecule has 0 aromatic carbocycles. The Morgan fingerprint density at radius 1 is 0.680 bits per heavy atom. The van der Waals surface area contributed by atoms with Gasteiger partial charge < -0.3 is 28.8 Å². The summed E-state index contributed by atoms with van der Waals surface area (Å²) < 4.78 is 0.153. The molecule has 0 amide bonds. The Kier molecular flexibility index (Phi) is 16.5. The van der Waals surface area contributed by atoms with E-state index in [1.807, 2.05) is 0 Å². The van der Waals surface area contributed by atoms with Crippen LogP contribution in [-0.2, 0) is 9.59 Å². The van der Waals surface area contributed by atoms with Crippen molar-refractivity contribution in [2.45, 2.75) is 44.8 Å². The van der Waals surface area contributed by atoms with Gasteiger partial charge in [0.2, 0.25) is 0 Å². The van der Waals surface area contributed by atoms with Crippen LogP contribution in [0.2, 0.25) is 0 Å². The maximum Gasteiger partial charge on any atom is 0.158 e. The molecule has 0 heterocycles. The average Bonchev–Trinajstić information content (AvgIpc) is 2.61. The lowest BCUT2D eigenvalue weighted by molar-refractivity contribution is -0.904. The first-order valence-corrected chi connectivity index (χ1v) is 10.3. The van der Waals surface area contributed by atoms with Crippen molar-refractivity contribution in [3.05, 3.63) is 0 Å². The van der Waals surface area contributed by atoms with E-state index in [0.717, 1.165) is 0 Å². The van der Waals surface area contributed by atoms with E-state index < -0.39 is 15.2 Å². The smallest absolute Gasteiger partial charge is 0.158 e. The van der Waals surface area contributed by atoms with Crippen LogP contribution in [0.5, 0.6) is 0 Å². The van der Waals surface area contributed by atoms with Crippen LogP contribution in [0, 0.1) is 0 Å². The number of hydrogen-bond donors (Lipinski definition) is 0. The summed E-state index contributed by atoms with van der Waals surface area (Å²) in [5, 5.41) is 19.7. The quantitative estimate of drug-likeness (QED) is 0.287. The number of hydrogen-bond acceptors (Lipinski definition) is 4. The van der Waals surface area contributed by atoms with Gasteiger partial charge in [0.15, 0.2) is 3.23 Å². The minimum absolute atomic E-state index is 1.21. The lowest BCUT2D eigenvalue weighted by Crippen LogP contribution is -2.51. The van der Waals surface area contributed by atoms with E-state index in [2.05, 4.69) is 87.5 Å². The normalized spacial score (nSPS) is 11.6. The minimum Gasteiger partial charge on any atom is -0.547 e. The molecule has 0 aromatic rings. The molecule has 25 heavy (non-hydrogen) atoms. The van der Waals surface area contributed by atoms with Gasteiger partial charge in [-0.3, -0.25) is 0 Å². The summed E-state index contributed by atoms with van der Waals surface area (Å²) >= 11 is 4.61. The van der Waals surface area contributed by atoms with Crippen molar-refractivity contribution >= 4 is 43.8 Å². The molecule has 0 atom stereocenters. The zero-order valence-electron chi connectivity index (χ0n) is 17.0. The predicted octanol–water partition coefficient (Wildman–Crippen LogP) is 0.958. The first-order valence-electron chi connectivity index (χ1n) is 8.73. The Hall–Kier alpha value is -0.180. The highest BCUT2D eigenvalue weighted by Gasteiger charge is 2.25. The molecule has 0 spiro atoms. The van der Waals surface area contributed by atoms with E-state index in [9.17, 15) is 19.8 Å². The van der Waals surface area contributed by atoms with Crippen molar-refractivity contribution in [2.75, 3.05) is 53.4 Å². The number of carboxylic acids is 2. The highest BCUT2D eigenvalue weighted by atomic mass is 79.9. The molecule has 0 radical (unpaired) electrons. The van der Waals surface area contributed by atoms with Crippen LogP contribution in [0.3, 0.4) is 0 Å². The molecular formula is C17H36Br2N2O4. The summed E-state index contributed by atoms with van der Waals surface area (Å²) in [5.41, 5.74) is 0. The van der Waals surface area contributed by atoms with Gasteiger partial charge in [-0.05, 0) is 41.5 Å². The summed E-state index contributed by atoms with van der Waals surface area (Å²) in [5.74, 6) is -3.61. The molecular weight excluding hydrogens is 456 g/mol. The lowest BCUT2D eigenvalue weighted by atomic mass is 10.4. The Balaban J connectivity index is -0.000000291. The van der Waals surface area contributed by atoms with E-state index >= 15 is 0 Å². The number of alkyl halides is 2. The van der Waals surface area contributed by atoms with Gasteiger partial charge in [-0.15, -0.1) is 0 Å². The van der Waals surface area contributed by atoms with Crippen LogP contribution in [0.1, 0.15) is 41.5 Å². The summed E-state index contributed by atoms with van der Waals surface area (Å²) in [7, 11) is 4.58. The predicted molar refractivity (Wildman–Crippen MR) is 106 cm³/mol. The van der Waals surface area contributed by atoms with Crippen molar-refractivity contribution in [3.63, 3.8) is 0 Å². The van der Waals surface area contributed by atoms with Crippen LogP contribution < -0.4 is 10.2 Å². The molecule has 152 valence electrons. The van der Waals surface area contributed by atoms with Crippen LogP contribution in [0.25, 0.3) is 0 Å². The lowest BCUT2D eigenvalue weighted by Gasteiger charge is -2.30. The van der Waals surface area contributed by atoms with E-state index in [0.29, 0.717) is 0 Å². The molecule has 8 heteroatoms. The fraction of sp³-hybridized carbons (Fsp3) is 0.882. The largest absolute Gasteiger partial charge is 0.547 e. The maximum absolute atomic E-state index is 9.84. The van der Waals surface area contributed by atoms with Crippen LogP contribution in [0.4, 0.5) is 0 Å². The number of carbonyl (C=O) groups is 2. The first-order chi connectivity index (χ1) is 11.3. The first kappa shape index (κ1) is 29.6. The second-order valence-electron chi connectivity index (χ2n) is 6.29. The number of carbonyl (C=O) groups excluding carboxylic acids is 2. The third kappa shape index (κ3) is 12.8. The molecule has 0 N–H and O–H groups in total. The molecule has 0 aliphatic carbocycles. The second kappa shape index (κ2) is 13.9. The summed E-state index contributed by atoms with van der Waals surface area (Å²) in [6, 6.07) is 0. The fourth-order valence-electron chi connectivity index (χ4n) is 1.42. The molecule has 0 saturated carbocycles. The van der Waals surface area contributed by atoms with Crippen LogP contribution >= 0.6 is 31.9 Å². The van der Waals surface area contributed by atoms with E-state index in [1.54, 1.807) is 0 Å². The van der Waals surface area contributed by atoms with Gasteiger partial charge >= 0.3 is 0 Å². The zero-order chi connectivity index (χ0) is 20.9. The van der Waals surface area contributed by atoms with Gasteiger partial charge in [-0.1, -0.05) is 31.9 Å². The minimum atomic E-state index is -2.26. The monoisotopic (exact) mass is 490 g/mol. The van der Waals surface area contributed by atoms with Gasteiger partial charge in [-0.25, -0.2) is 0 Å². The number of nitrogens with zero attached hydrogens (tertiary/aromatic N) is 2. The standard InChI is InChI=1S/2C7H18N.C3H2Br2O4/c2*1-5-8(4,6-2)7-3;4-3(5,1(6)7)2(8)9/h2*5-7H2,1-4H3;(H,6,7)(H,8,9)/q2*+1;/p-2. The van der Waals surface area contributed by atoms with E-state index in [4.69, 9.17) is 0 Å². The Morgan fingerprint density at radius 3 is 0.840 bits per heavy atom. The summed E-state index contributed by atoms with van der Waals surface area (Å²) in [6.45, 7) is 21.0. The number of aliphatic carboxylic acids is 2. The van der Waals surface area contributed by atoms with Crippen LogP contribution in [-0.4, -0.2) is 77.5 Å². The molecule has 0 aliphatic heterocycles. The number of rotatable bonds is 8. The average molecular weight is 492 g/mol. The van der Waals surface area contributed by atoms with Crippen molar-refractivity contribution < 1.29 is 28.8 Å². The summed E-state index contributed by atoms with van der Waals surface area (Å²) in [4.78, 5) is 19.7. The van der Waals surface area contributed by atoms with E-state index in [1.165, 1.54) is 48.2 Å². The van der Waals surface area contributed by atoms with Gasteiger partial charge in [0, 0.05) is 0 Å². The molecule has 0 saturated heterocycles. The number of quaternary nitrogens is 2. The van der Waals surface area contributed by atoms with Crippen molar-refractivity contribution in [2.24, 2.45) is 0 Å². The molecule has 0 rings (SSSR count). The maximum atomic E-state index is 9.84. The van der Waals surface area contributed by atoms with Crippen LogP contribution in [0.15, 0.2) is 0 Å². The molecule has 0 aromatic heterocycles. The van der Waals surface area contributed by atoms with Crippen molar-refractivity contribution in [1.82, 2.24) is 0 Å². The highest BCUT2D eigenvalue weighted by molar-refractivity contribution is 9.26. The Morgan fingerprint density at radius 2 is 0.840 bits per heavy atom. The third-order valence-corrected chi connectivity index (χ3v) is 6.39. The molecule has 0 fully saturated rings. The molecule has 0 bridgehead atoms. The topological polar surface area (TPSA) is 80.3 Å². The molecule has 0 aliphatic rings. The van der Waals surface area contributed by atoms with Crippen molar-refractivity contribution in [1.29, 1.82) is 0 Å². The van der Waals surface area contributed by atoms with Gasteiger partial charge in [0.05, 0.1) is 65.3 Å². The number of carboxylic acid groups (broad SMARTS) is 2. The highest BCUT2D eigenvalue weighted by Crippen LogP contribution is 2.23. The third-order valence-electron chi connectivity index (χ3n) is 5.09. The fourth-order valence-corrected chi connectivity index (χ4v) is 1.42. The van der Waals surface area contributed by atoms with Gasteiger partial charge in [0.1, 0.15) is 0 Å². The molecule has 0 unspecified atom stereocenters. The SMILES string of the molecule is CC[N+](C)(CC)CC.CC[N+](C)(CC)CC.O=C([O-])C(Br)(Br)C(=O)[O-]. The number of halogens is 2. The van der Waals surface area contributed by atoms with Gasteiger partial charge in [-0.2, -0.15) is 0 Å².